The summed E-state index contributed by atoms with van der Waals surface area (Å²) in [6.07, 6.45) is -2.27. The summed E-state index contributed by atoms with van der Waals surface area (Å²) in [5.74, 6) is 1.15. The molecule has 2 saturated carbocycles. The minimum absolute atomic E-state index is 0. The largest absolute Gasteiger partial charge is 0.395 e. The zero-order valence-electron chi connectivity index (χ0n) is 37.1. The van der Waals surface area contributed by atoms with Crippen molar-refractivity contribution in [3.63, 3.8) is 0 Å². The number of nitrogens with one attached hydrogen (secondary N) is 4. The molecule has 0 aliphatic heterocycles. The molecular weight excluding hydrogens is 962 g/mol. The van der Waals surface area contributed by atoms with Crippen LogP contribution in [0.4, 0.5) is 38.0 Å². The number of hydrogen-bond donors (Lipinski definition) is 4. The predicted molar refractivity (Wildman–Crippen MR) is 257 cm³/mol. The maximum Gasteiger partial charge on any atom is 0.395 e. The summed E-state index contributed by atoms with van der Waals surface area (Å²) < 4.78 is 76.8. The number of anilines is 2. The van der Waals surface area contributed by atoms with Gasteiger partial charge in [-0.05, 0) is 86.1 Å². The van der Waals surface area contributed by atoms with Crippen molar-refractivity contribution in [3.05, 3.63) is 93.7 Å². The van der Waals surface area contributed by atoms with Gasteiger partial charge in [-0.25, -0.2) is 29.9 Å². The molecule has 0 radical (unpaired) electrons. The van der Waals surface area contributed by atoms with Gasteiger partial charge in [-0.2, -0.15) is 36.9 Å². The van der Waals surface area contributed by atoms with Crippen LogP contribution >= 0.6 is 35.1 Å². The van der Waals surface area contributed by atoms with Crippen molar-refractivity contribution in [1.29, 1.82) is 10.5 Å². The molecule has 10 rings (SSSR count). The molecule has 2 fully saturated rings. The van der Waals surface area contributed by atoms with E-state index in [1.165, 1.54) is 12.7 Å². The van der Waals surface area contributed by atoms with E-state index in [0.29, 0.717) is 55.8 Å². The third-order valence-corrected chi connectivity index (χ3v) is 14.4. The molecule has 0 spiro atoms. The number of aromatic amines is 2. The molecular formula is C46H45ClF6N14S2. The SMILES string of the molecule is CN(c1ncnc2sc(CC(F)(F)F)nc12)[C@@H]1CC[C@H](NCc2ccc3[nH]c(C#N)cc3c2)C1.CN(c1ncnc2sc(CC(F)(F)F)nc12)[C@@H]1CC[C@H](NCc2ccc3[nH]c(C#N)cc3c2)C1.Cl. The Morgan fingerprint density at radius 3 is 1.45 bits per heavy atom. The first-order valence-electron chi connectivity index (χ1n) is 21.9. The molecule has 0 saturated heterocycles. The summed E-state index contributed by atoms with van der Waals surface area (Å²) in [7, 11) is 3.84. The Hall–Kier alpha value is -6.17. The molecule has 360 valence electrons. The Kier molecular flexibility index (Phi) is 14.6. The van der Waals surface area contributed by atoms with Crippen molar-refractivity contribution >= 4 is 89.2 Å². The fourth-order valence-electron chi connectivity index (χ4n) is 9.15. The van der Waals surface area contributed by atoms with Crippen molar-refractivity contribution in [2.75, 3.05) is 23.9 Å². The van der Waals surface area contributed by atoms with Crippen molar-refractivity contribution in [1.82, 2.24) is 50.5 Å². The number of aromatic nitrogens is 8. The van der Waals surface area contributed by atoms with E-state index in [1.54, 1.807) is 0 Å². The molecule has 4 N–H and O–H groups in total. The van der Waals surface area contributed by atoms with Crippen LogP contribution in [0.25, 0.3) is 42.5 Å². The number of benzene rings is 2. The maximum atomic E-state index is 12.8. The summed E-state index contributed by atoms with van der Waals surface area (Å²) in [6, 6.07) is 21.2. The quantitative estimate of drug-likeness (QED) is 0.0851. The Balaban J connectivity index is 0.000000183. The number of halogens is 7. The molecule has 14 nitrogen and oxygen atoms in total. The highest BCUT2D eigenvalue weighted by atomic mass is 35.5. The lowest BCUT2D eigenvalue weighted by atomic mass is 10.1. The van der Waals surface area contributed by atoms with Crippen molar-refractivity contribution in [2.45, 2.75) is 101 Å². The van der Waals surface area contributed by atoms with Crippen molar-refractivity contribution in [3.8, 4) is 12.1 Å². The van der Waals surface area contributed by atoms with E-state index >= 15 is 0 Å². The summed E-state index contributed by atoms with van der Waals surface area (Å²) >= 11 is 1.93. The van der Waals surface area contributed by atoms with Crippen molar-refractivity contribution < 1.29 is 26.3 Å². The monoisotopic (exact) mass is 1010 g/mol. The van der Waals surface area contributed by atoms with Gasteiger partial charge in [-0.15, -0.1) is 12.4 Å². The third kappa shape index (κ3) is 11.7. The molecule has 2 aliphatic carbocycles. The van der Waals surface area contributed by atoms with Gasteiger partial charge in [0.25, 0.3) is 0 Å². The lowest BCUT2D eigenvalue weighted by Crippen LogP contribution is -2.33. The van der Waals surface area contributed by atoms with Gasteiger partial charge in [-0.3, -0.25) is 0 Å². The molecule has 0 unspecified atom stereocenters. The van der Waals surface area contributed by atoms with Gasteiger partial charge in [0.1, 0.15) is 66.9 Å². The number of alkyl halides is 6. The molecule has 8 aromatic rings. The molecule has 23 heteroatoms. The third-order valence-electron chi connectivity index (χ3n) is 12.5. The van der Waals surface area contributed by atoms with E-state index < -0.39 is 25.2 Å². The molecule has 2 aliphatic rings. The normalized spacial score (nSPS) is 18.3. The number of thiazole rings is 2. The van der Waals surface area contributed by atoms with Gasteiger partial charge in [0.15, 0.2) is 11.6 Å². The second-order valence-electron chi connectivity index (χ2n) is 17.2. The van der Waals surface area contributed by atoms with Crippen LogP contribution in [0, 0.1) is 22.7 Å². The summed E-state index contributed by atoms with van der Waals surface area (Å²) in [6.45, 7) is 1.43. The van der Waals surface area contributed by atoms with Crippen LogP contribution in [-0.4, -0.2) is 90.5 Å². The first-order valence-corrected chi connectivity index (χ1v) is 23.5. The Morgan fingerprint density at radius 2 is 1.06 bits per heavy atom. The average Bonchev–Trinajstić information content (AvgIpc) is 4.17. The molecule has 0 bridgehead atoms. The lowest BCUT2D eigenvalue weighted by Gasteiger charge is -2.26. The molecule has 69 heavy (non-hydrogen) atoms. The molecule has 2 aromatic carbocycles. The number of fused-ring (bicyclic) bond motifs is 4. The topological polar surface area (TPSA) is 187 Å². The van der Waals surface area contributed by atoms with Crippen LogP contribution in [0.3, 0.4) is 0 Å². The number of nitriles is 2. The Labute approximate surface area is 405 Å². The summed E-state index contributed by atoms with van der Waals surface area (Å²) in [5.41, 5.74) is 6.13. The van der Waals surface area contributed by atoms with Crippen LogP contribution in [0.2, 0.25) is 0 Å². The van der Waals surface area contributed by atoms with Crippen LogP contribution in [0.1, 0.15) is 71.1 Å². The van der Waals surface area contributed by atoms with Gasteiger partial charge in [0.2, 0.25) is 0 Å². The minimum atomic E-state index is -4.30. The number of hydrogen-bond acceptors (Lipinski definition) is 14. The minimum Gasteiger partial charge on any atom is -0.355 e. The molecule has 4 atom stereocenters. The van der Waals surface area contributed by atoms with Gasteiger partial charge >= 0.3 is 12.4 Å². The summed E-state index contributed by atoms with van der Waals surface area (Å²) in [4.78, 5) is 36.5. The summed E-state index contributed by atoms with van der Waals surface area (Å²) in [5, 5.41) is 27.4. The van der Waals surface area contributed by atoms with E-state index in [2.05, 4.69) is 74.8 Å². The zero-order valence-corrected chi connectivity index (χ0v) is 39.6. The van der Waals surface area contributed by atoms with Gasteiger partial charge in [0, 0.05) is 73.2 Å². The van der Waals surface area contributed by atoms with Gasteiger partial charge in [-0.1, -0.05) is 34.8 Å². The van der Waals surface area contributed by atoms with Crippen LogP contribution in [0.15, 0.2) is 61.2 Å². The molecule has 6 aromatic heterocycles. The van der Waals surface area contributed by atoms with Gasteiger partial charge < -0.3 is 30.4 Å². The average molecular weight is 1010 g/mol. The lowest BCUT2D eigenvalue weighted by molar-refractivity contribution is -0.128. The first kappa shape index (κ1) is 49.3. The predicted octanol–water partition coefficient (Wildman–Crippen LogP) is 9.80. The smallest absolute Gasteiger partial charge is 0.355 e. The van der Waals surface area contributed by atoms with Crippen LogP contribution in [-0.2, 0) is 25.9 Å². The number of H-pyrrole nitrogens is 2. The molecule has 6 heterocycles. The first-order chi connectivity index (χ1) is 32.6. The van der Waals surface area contributed by atoms with E-state index in [0.717, 1.165) is 107 Å². The second-order valence-corrected chi connectivity index (χ2v) is 19.4. The van der Waals surface area contributed by atoms with E-state index in [-0.39, 0.29) is 34.5 Å². The highest BCUT2D eigenvalue weighted by molar-refractivity contribution is 7.18. The molecule has 0 amide bonds. The fourth-order valence-corrected chi connectivity index (χ4v) is 11.0. The number of rotatable bonds is 12. The van der Waals surface area contributed by atoms with E-state index in [9.17, 15) is 26.3 Å². The van der Waals surface area contributed by atoms with E-state index in [4.69, 9.17) is 10.5 Å². The Bertz CT molecular complexity index is 2960. The highest BCUT2D eigenvalue weighted by Crippen LogP contribution is 2.36. The maximum absolute atomic E-state index is 12.8. The van der Waals surface area contributed by atoms with Crippen LogP contribution in [0.5, 0.6) is 0 Å². The zero-order chi connectivity index (χ0) is 47.7. The van der Waals surface area contributed by atoms with Gasteiger partial charge in [0.05, 0.1) is 12.8 Å². The second kappa shape index (κ2) is 20.4. The standard InChI is InChI=1S/2C23H22F3N7S.ClH/c2*1-33(21-20-22(30-12-29-21)34-19(32-20)9-23(24,25)26)17-4-3-15(8-17)28-11-13-2-5-18-14(6-13)7-16(10-27)31-18;/h2*2,5-7,12,15,17,28,31H,3-4,8-9,11H2,1H3;1H/t2*15-,17+;/m00./s1. The van der Waals surface area contributed by atoms with Crippen molar-refractivity contribution in [2.24, 2.45) is 0 Å². The fraction of sp³-hybridized carbons (Fsp3) is 0.391. The Morgan fingerprint density at radius 1 is 0.638 bits per heavy atom. The van der Waals surface area contributed by atoms with Crippen LogP contribution < -0.4 is 20.4 Å². The number of nitrogens with zero attached hydrogens (tertiary/aromatic N) is 10. The van der Waals surface area contributed by atoms with E-state index in [1.807, 2.05) is 60.3 Å². The highest BCUT2D eigenvalue weighted by Gasteiger charge is 2.34.